The van der Waals surface area contributed by atoms with Gasteiger partial charge in [-0.3, -0.25) is 0 Å². The molecule has 0 unspecified atom stereocenters. The third-order valence-electron chi connectivity index (χ3n) is 7.34. The van der Waals surface area contributed by atoms with Crippen molar-refractivity contribution in [1.82, 2.24) is 15.3 Å². The second-order valence-corrected chi connectivity index (χ2v) is 10.1. The van der Waals surface area contributed by atoms with Gasteiger partial charge in [-0.15, -0.1) is 24.8 Å². The van der Waals surface area contributed by atoms with Crippen LogP contribution in [-0.4, -0.2) is 42.7 Å². The monoisotopic (exact) mass is 551 g/mol. The van der Waals surface area contributed by atoms with Crippen LogP contribution in [-0.2, 0) is 0 Å². The highest BCUT2D eigenvalue weighted by Gasteiger charge is 2.23. The molecule has 0 spiro atoms. The van der Waals surface area contributed by atoms with Gasteiger partial charge in [0.15, 0.2) is 0 Å². The first-order chi connectivity index (χ1) is 17.7. The third kappa shape index (κ3) is 7.37. The van der Waals surface area contributed by atoms with Gasteiger partial charge in [0.25, 0.3) is 0 Å². The average molecular weight is 553 g/mol. The Morgan fingerprint density at radius 1 is 0.737 bits per heavy atom. The van der Waals surface area contributed by atoms with E-state index < -0.39 is 0 Å². The fraction of sp³-hybridized carbons (Fsp3) is 0.355. The molecule has 1 saturated carbocycles. The number of nitrogens with zero attached hydrogens (tertiary/aromatic N) is 3. The molecular formula is C31H39Cl2N5. The average Bonchev–Trinajstić information content (AvgIpc) is 2.92. The normalized spacial score (nSPS) is 16.9. The topological polar surface area (TPSA) is 53.1 Å². The van der Waals surface area contributed by atoms with Crippen LogP contribution >= 0.6 is 24.8 Å². The van der Waals surface area contributed by atoms with Crippen LogP contribution in [0.1, 0.15) is 49.1 Å². The van der Waals surface area contributed by atoms with E-state index >= 15 is 0 Å². The van der Waals surface area contributed by atoms with Gasteiger partial charge in [-0.05, 0) is 61.9 Å². The molecule has 5 rings (SSSR count). The predicted octanol–water partition coefficient (Wildman–Crippen LogP) is 7.07. The zero-order chi connectivity index (χ0) is 24.7. The summed E-state index contributed by atoms with van der Waals surface area (Å²) >= 11 is 0. The van der Waals surface area contributed by atoms with Gasteiger partial charge in [-0.2, -0.15) is 4.98 Å². The quantitative estimate of drug-likeness (QED) is 0.233. The molecule has 202 valence electrons. The van der Waals surface area contributed by atoms with Crippen molar-refractivity contribution >= 4 is 47.5 Å². The fourth-order valence-corrected chi connectivity index (χ4v) is 5.42. The maximum atomic E-state index is 4.83. The molecule has 1 fully saturated rings. The van der Waals surface area contributed by atoms with E-state index in [0.29, 0.717) is 18.0 Å². The fourth-order valence-electron chi connectivity index (χ4n) is 5.42. The molecule has 0 amide bonds. The molecule has 38 heavy (non-hydrogen) atoms. The molecule has 1 aliphatic rings. The largest absolute Gasteiger partial charge is 0.362 e. The lowest BCUT2D eigenvalue weighted by Gasteiger charge is -2.30. The van der Waals surface area contributed by atoms with Crippen LogP contribution in [0.5, 0.6) is 0 Å². The number of anilines is 2. The Balaban J connectivity index is 0.00000200. The molecule has 0 atom stereocenters. The number of hydrogen-bond donors (Lipinski definition) is 2. The number of hydrogen-bond acceptors (Lipinski definition) is 5. The van der Waals surface area contributed by atoms with Crippen LogP contribution in [0.2, 0.25) is 0 Å². The van der Waals surface area contributed by atoms with Crippen molar-refractivity contribution in [3.63, 3.8) is 0 Å². The lowest BCUT2D eigenvalue weighted by Crippen LogP contribution is -2.38. The van der Waals surface area contributed by atoms with Crippen molar-refractivity contribution in [1.29, 1.82) is 0 Å². The Kier molecular flexibility index (Phi) is 11.2. The maximum Gasteiger partial charge on any atom is 0.225 e. The summed E-state index contributed by atoms with van der Waals surface area (Å²) in [5, 5.41) is 8.58. The van der Waals surface area contributed by atoms with Crippen molar-refractivity contribution in [3.8, 4) is 0 Å². The molecule has 1 aliphatic carbocycles. The van der Waals surface area contributed by atoms with E-state index in [9.17, 15) is 0 Å². The molecular weight excluding hydrogens is 513 g/mol. The molecule has 1 heterocycles. The Morgan fingerprint density at radius 2 is 1.29 bits per heavy atom. The van der Waals surface area contributed by atoms with Gasteiger partial charge in [-0.25, -0.2) is 4.98 Å². The van der Waals surface area contributed by atoms with Gasteiger partial charge < -0.3 is 15.5 Å². The van der Waals surface area contributed by atoms with Crippen LogP contribution in [0.4, 0.5) is 11.8 Å². The molecule has 0 saturated heterocycles. The Labute approximate surface area is 239 Å². The van der Waals surface area contributed by atoms with E-state index in [4.69, 9.17) is 9.97 Å². The summed E-state index contributed by atoms with van der Waals surface area (Å²) in [5.74, 6) is 2.13. The zero-order valence-electron chi connectivity index (χ0n) is 22.2. The summed E-state index contributed by atoms with van der Waals surface area (Å²) in [7, 11) is 4.07. The standard InChI is InChI=1S/C31H37N5.2ClH/c1-36(2)30-28-15-9-10-16-29(28)34-31(35-30)33-26-19-17-25(18-20-26)32-22-21-27(23-11-5-3-6-12-23)24-13-7-4-8-14-24;;/h3-16,25-27,32H,17-22H2,1-2H3,(H,33,34,35);2*1H/t25-,26+;;. The molecule has 3 aromatic carbocycles. The minimum Gasteiger partial charge on any atom is -0.362 e. The van der Waals surface area contributed by atoms with Gasteiger partial charge >= 0.3 is 0 Å². The van der Waals surface area contributed by atoms with E-state index in [1.807, 2.05) is 26.2 Å². The first kappa shape index (κ1) is 29.7. The molecule has 2 N–H and O–H groups in total. The van der Waals surface area contributed by atoms with E-state index in [1.54, 1.807) is 0 Å². The summed E-state index contributed by atoms with van der Waals surface area (Å²) in [6, 6.07) is 31.0. The number of aromatic nitrogens is 2. The smallest absolute Gasteiger partial charge is 0.225 e. The highest BCUT2D eigenvalue weighted by atomic mass is 35.5. The zero-order valence-corrected chi connectivity index (χ0v) is 23.8. The van der Waals surface area contributed by atoms with Crippen LogP contribution in [0, 0.1) is 0 Å². The van der Waals surface area contributed by atoms with Crippen molar-refractivity contribution in [2.45, 2.75) is 50.1 Å². The lowest BCUT2D eigenvalue weighted by atomic mass is 9.88. The molecule has 4 aromatic rings. The van der Waals surface area contributed by atoms with Crippen LogP contribution in [0.15, 0.2) is 84.9 Å². The lowest BCUT2D eigenvalue weighted by molar-refractivity contribution is 0.350. The molecule has 1 aromatic heterocycles. The number of nitrogens with one attached hydrogen (secondary N) is 2. The molecule has 7 heteroatoms. The molecule has 0 bridgehead atoms. The van der Waals surface area contributed by atoms with Crippen LogP contribution in [0.25, 0.3) is 10.9 Å². The summed E-state index contributed by atoms with van der Waals surface area (Å²) < 4.78 is 0. The number of para-hydroxylation sites is 1. The number of benzene rings is 3. The van der Waals surface area contributed by atoms with Gasteiger partial charge in [0.1, 0.15) is 5.82 Å². The van der Waals surface area contributed by atoms with E-state index in [2.05, 4.69) is 88.3 Å². The summed E-state index contributed by atoms with van der Waals surface area (Å²) in [4.78, 5) is 11.7. The second kappa shape index (κ2) is 14.3. The van der Waals surface area contributed by atoms with E-state index in [-0.39, 0.29) is 24.8 Å². The van der Waals surface area contributed by atoms with E-state index in [0.717, 1.165) is 48.5 Å². The van der Waals surface area contributed by atoms with Crippen LogP contribution < -0.4 is 15.5 Å². The van der Waals surface area contributed by atoms with Crippen molar-refractivity contribution < 1.29 is 0 Å². The maximum absolute atomic E-state index is 4.83. The third-order valence-corrected chi connectivity index (χ3v) is 7.34. The predicted molar refractivity (Wildman–Crippen MR) is 165 cm³/mol. The van der Waals surface area contributed by atoms with Crippen molar-refractivity contribution in [2.24, 2.45) is 0 Å². The molecule has 0 radical (unpaired) electrons. The number of fused-ring (bicyclic) bond motifs is 1. The second-order valence-electron chi connectivity index (χ2n) is 10.1. The van der Waals surface area contributed by atoms with Crippen molar-refractivity contribution in [2.75, 3.05) is 30.9 Å². The van der Waals surface area contributed by atoms with Gasteiger partial charge in [0.05, 0.1) is 5.52 Å². The number of halogens is 2. The van der Waals surface area contributed by atoms with Crippen LogP contribution in [0.3, 0.4) is 0 Å². The minimum absolute atomic E-state index is 0. The first-order valence-corrected chi connectivity index (χ1v) is 13.2. The van der Waals surface area contributed by atoms with E-state index in [1.165, 1.54) is 24.0 Å². The number of rotatable bonds is 9. The Morgan fingerprint density at radius 3 is 1.89 bits per heavy atom. The van der Waals surface area contributed by atoms with Crippen molar-refractivity contribution in [3.05, 3.63) is 96.1 Å². The Hall–Kier alpha value is -2.86. The SMILES string of the molecule is CN(C)c1nc(N[C@H]2CC[C@@H](NCCC(c3ccccc3)c3ccccc3)CC2)nc2ccccc12.Cl.Cl. The summed E-state index contributed by atoms with van der Waals surface area (Å²) in [6.07, 6.45) is 5.71. The van der Waals surface area contributed by atoms with Gasteiger partial charge in [-0.1, -0.05) is 72.8 Å². The summed E-state index contributed by atoms with van der Waals surface area (Å²) in [5.41, 5.74) is 3.78. The summed E-state index contributed by atoms with van der Waals surface area (Å²) in [6.45, 7) is 1.02. The highest BCUT2D eigenvalue weighted by molar-refractivity contribution is 5.90. The molecule has 0 aliphatic heterocycles. The van der Waals surface area contributed by atoms with Gasteiger partial charge in [0, 0.05) is 37.5 Å². The minimum atomic E-state index is 0. The highest BCUT2D eigenvalue weighted by Crippen LogP contribution is 2.29. The Bertz CT molecular complexity index is 1210. The first-order valence-electron chi connectivity index (χ1n) is 13.2. The molecule has 5 nitrogen and oxygen atoms in total. The van der Waals surface area contributed by atoms with Gasteiger partial charge in [0.2, 0.25) is 5.95 Å².